The van der Waals surface area contributed by atoms with E-state index in [0.29, 0.717) is 23.1 Å². The van der Waals surface area contributed by atoms with Crippen molar-refractivity contribution in [3.63, 3.8) is 0 Å². The van der Waals surface area contributed by atoms with Crippen LogP contribution in [-0.4, -0.2) is 48.4 Å². The summed E-state index contributed by atoms with van der Waals surface area (Å²) in [6.45, 7) is 10.6. The van der Waals surface area contributed by atoms with Crippen molar-refractivity contribution < 1.29 is 33.3 Å². The molecule has 0 bridgehead atoms. The van der Waals surface area contributed by atoms with Gasteiger partial charge in [-0.1, -0.05) is 92.4 Å². The molecule has 53 heavy (non-hydrogen) atoms. The van der Waals surface area contributed by atoms with Gasteiger partial charge in [0.1, 0.15) is 24.7 Å². The van der Waals surface area contributed by atoms with Gasteiger partial charge >= 0.3 is 17.9 Å². The van der Waals surface area contributed by atoms with Crippen molar-refractivity contribution in [2.75, 3.05) is 18.6 Å². The molecule has 0 spiro atoms. The van der Waals surface area contributed by atoms with Crippen LogP contribution >= 0.6 is 11.3 Å². The average molecular weight is 732 g/mol. The molecule has 11 heteroatoms. The lowest BCUT2D eigenvalue weighted by molar-refractivity contribution is -0.154. The lowest BCUT2D eigenvalue weighted by Crippen LogP contribution is -2.30. The van der Waals surface area contributed by atoms with Crippen molar-refractivity contribution >= 4 is 62.5 Å². The maximum absolute atomic E-state index is 13.2. The molecule has 0 amide bonds. The van der Waals surface area contributed by atoms with Crippen molar-refractivity contribution in [3.05, 3.63) is 139 Å². The van der Waals surface area contributed by atoms with Crippen molar-refractivity contribution in [3.8, 4) is 5.75 Å². The van der Waals surface area contributed by atoms with Gasteiger partial charge in [0.2, 0.25) is 5.13 Å². The highest BCUT2D eigenvalue weighted by molar-refractivity contribution is 7.22. The summed E-state index contributed by atoms with van der Waals surface area (Å²) in [5.41, 5.74) is 7.42. The highest BCUT2D eigenvalue weighted by atomic mass is 32.1. The Morgan fingerprint density at radius 3 is 2.43 bits per heavy atom. The molecule has 2 atom stereocenters. The molecule has 1 heterocycles. The number of carbonyl (C=O) groups is 3. The first-order chi connectivity index (χ1) is 25.7. The van der Waals surface area contributed by atoms with E-state index in [9.17, 15) is 14.4 Å². The molecule has 0 saturated heterocycles. The highest BCUT2D eigenvalue weighted by Gasteiger charge is 2.34. The molecule has 1 N–H and O–H groups in total. The van der Waals surface area contributed by atoms with Crippen LogP contribution in [0.5, 0.6) is 5.75 Å². The van der Waals surface area contributed by atoms with Gasteiger partial charge in [-0.05, 0) is 78.4 Å². The number of esters is 3. The quantitative estimate of drug-likeness (QED) is 0.0374. The minimum Gasteiger partial charge on any atom is -0.490 e. The standard InChI is InChI=1S/C42H41N3O7S/c1-5-10-29-13-18-31(19-14-29)32-20-23-37(42(4,25-32)28-43-45-41-44-35-11-8-9-12-36(35)53-41)52-40(48)24-17-30-15-21-33(22-16-30)49-26-34(51-39(47)7-3)27-50-38(46)6-2/h6-9,11-24,28,34H,2-3,5,10,25-27H2,1,4H3,(H,44,45)/b24-17+,43-28+. The summed E-state index contributed by atoms with van der Waals surface area (Å²) < 4.78 is 22.9. The molecule has 10 nitrogen and oxygen atoms in total. The van der Waals surface area contributed by atoms with E-state index in [4.69, 9.17) is 18.9 Å². The van der Waals surface area contributed by atoms with Gasteiger partial charge in [-0.2, -0.15) is 5.10 Å². The maximum atomic E-state index is 13.2. The van der Waals surface area contributed by atoms with Gasteiger partial charge in [-0.25, -0.2) is 19.4 Å². The summed E-state index contributed by atoms with van der Waals surface area (Å²) in [7, 11) is 0. The number of ether oxygens (including phenoxy) is 4. The number of aromatic nitrogens is 1. The fraction of sp³-hybridized carbons (Fsp3) is 0.214. The summed E-state index contributed by atoms with van der Waals surface area (Å²) in [5, 5.41) is 5.22. The van der Waals surface area contributed by atoms with Gasteiger partial charge in [0, 0.05) is 24.4 Å². The first kappa shape index (κ1) is 38.2. The zero-order chi connectivity index (χ0) is 37.6. The Morgan fingerprint density at radius 2 is 1.72 bits per heavy atom. The van der Waals surface area contributed by atoms with Crippen LogP contribution < -0.4 is 10.2 Å². The number of hydrogen-bond acceptors (Lipinski definition) is 11. The zero-order valence-corrected chi connectivity index (χ0v) is 30.5. The number of thiazole rings is 1. The van der Waals surface area contributed by atoms with Crippen LogP contribution in [0.1, 0.15) is 43.4 Å². The molecule has 0 fully saturated rings. The number of para-hydroxylation sites is 1. The van der Waals surface area contributed by atoms with E-state index in [1.54, 1.807) is 36.6 Å². The minimum absolute atomic E-state index is 0.0703. The average Bonchev–Trinajstić information content (AvgIpc) is 3.59. The Morgan fingerprint density at radius 1 is 0.962 bits per heavy atom. The molecule has 5 rings (SSSR count). The number of anilines is 1. The predicted molar refractivity (Wildman–Crippen MR) is 209 cm³/mol. The van der Waals surface area contributed by atoms with Crippen LogP contribution in [0.3, 0.4) is 0 Å². The number of allylic oxidation sites excluding steroid dienone is 4. The van der Waals surface area contributed by atoms with Crippen LogP contribution in [-0.2, 0) is 35.0 Å². The molecule has 0 saturated carbocycles. The van der Waals surface area contributed by atoms with Crippen LogP contribution in [0.25, 0.3) is 21.9 Å². The first-order valence-electron chi connectivity index (χ1n) is 17.1. The summed E-state index contributed by atoms with van der Waals surface area (Å²) in [6.07, 6.45) is 12.4. The third-order valence-electron chi connectivity index (χ3n) is 8.19. The second kappa shape index (κ2) is 18.4. The van der Waals surface area contributed by atoms with E-state index >= 15 is 0 Å². The summed E-state index contributed by atoms with van der Waals surface area (Å²) in [6, 6.07) is 23.4. The normalized spacial score (nSPS) is 16.0. The number of carbonyl (C=O) groups excluding carboxylic acids is 3. The predicted octanol–water partition coefficient (Wildman–Crippen LogP) is 8.49. The molecular weight excluding hydrogens is 691 g/mol. The maximum Gasteiger partial charge on any atom is 0.335 e. The van der Waals surface area contributed by atoms with Gasteiger partial charge in [0.05, 0.1) is 15.6 Å². The van der Waals surface area contributed by atoms with Crippen LogP contribution in [0.4, 0.5) is 5.13 Å². The van der Waals surface area contributed by atoms with Crippen LogP contribution in [0.2, 0.25) is 0 Å². The second-order valence-corrected chi connectivity index (χ2v) is 13.4. The number of nitrogens with zero attached hydrogens (tertiary/aromatic N) is 2. The Hall–Kier alpha value is -6.07. The largest absolute Gasteiger partial charge is 0.490 e. The Bertz CT molecular complexity index is 2030. The SMILES string of the molecule is C=CC(=O)OCC(COc1ccc(/C=C/C(=O)OC2=CC=C(c3ccc(CCC)cc3)CC2(C)/C=N/Nc2nc3ccccc3s2)cc1)OC(=O)C=C. The van der Waals surface area contributed by atoms with E-state index in [2.05, 4.69) is 59.9 Å². The van der Waals surface area contributed by atoms with Gasteiger partial charge in [-0.3, -0.25) is 5.43 Å². The molecule has 2 unspecified atom stereocenters. The molecule has 1 aliphatic rings. The van der Waals surface area contributed by atoms with Crippen molar-refractivity contribution in [2.24, 2.45) is 10.5 Å². The molecule has 3 aromatic carbocycles. The van der Waals surface area contributed by atoms with Gasteiger partial charge in [0.15, 0.2) is 6.10 Å². The molecule has 4 aromatic rings. The first-order valence-corrected chi connectivity index (χ1v) is 17.9. The summed E-state index contributed by atoms with van der Waals surface area (Å²) in [5.74, 6) is -0.931. The van der Waals surface area contributed by atoms with E-state index in [-0.39, 0.29) is 13.2 Å². The van der Waals surface area contributed by atoms with E-state index in [1.165, 1.54) is 23.0 Å². The van der Waals surface area contributed by atoms with Crippen molar-refractivity contribution in [2.45, 2.75) is 39.2 Å². The Kier molecular flexibility index (Phi) is 13.3. The molecule has 0 aliphatic heterocycles. The summed E-state index contributed by atoms with van der Waals surface area (Å²) in [4.78, 5) is 40.9. The topological polar surface area (TPSA) is 125 Å². The van der Waals surface area contributed by atoms with Crippen molar-refractivity contribution in [1.82, 2.24) is 4.98 Å². The molecular formula is C42H41N3O7S. The third kappa shape index (κ3) is 11.0. The number of aryl methyl sites for hydroxylation is 1. The number of benzene rings is 3. The van der Waals surface area contributed by atoms with Crippen LogP contribution in [0.15, 0.2) is 127 Å². The molecule has 272 valence electrons. The number of fused-ring (bicyclic) bond motifs is 1. The fourth-order valence-electron chi connectivity index (χ4n) is 5.42. The van der Waals surface area contributed by atoms with E-state index in [1.807, 2.05) is 43.3 Å². The second-order valence-electron chi connectivity index (χ2n) is 12.4. The van der Waals surface area contributed by atoms with E-state index < -0.39 is 29.4 Å². The molecule has 1 aliphatic carbocycles. The summed E-state index contributed by atoms with van der Waals surface area (Å²) >= 11 is 1.51. The number of nitrogens with one attached hydrogen (secondary N) is 1. The van der Waals surface area contributed by atoms with Gasteiger partial charge in [-0.15, -0.1) is 0 Å². The Balaban J connectivity index is 1.25. The number of rotatable bonds is 17. The van der Waals surface area contributed by atoms with Crippen LogP contribution in [0, 0.1) is 5.41 Å². The molecule has 1 aromatic heterocycles. The smallest absolute Gasteiger partial charge is 0.335 e. The zero-order valence-electron chi connectivity index (χ0n) is 29.7. The van der Waals surface area contributed by atoms with Gasteiger partial charge < -0.3 is 18.9 Å². The lowest BCUT2D eigenvalue weighted by Gasteiger charge is -2.31. The minimum atomic E-state index is -0.857. The van der Waals surface area contributed by atoms with Gasteiger partial charge in [0.25, 0.3) is 0 Å². The van der Waals surface area contributed by atoms with Crippen molar-refractivity contribution in [1.29, 1.82) is 0 Å². The third-order valence-corrected chi connectivity index (χ3v) is 9.13. The highest BCUT2D eigenvalue weighted by Crippen LogP contribution is 2.41. The number of hydrazone groups is 1. The monoisotopic (exact) mass is 731 g/mol. The number of hydrogen-bond donors (Lipinski definition) is 1. The fourth-order valence-corrected chi connectivity index (χ4v) is 6.24. The Labute approximate surface area is 312 Å². The lowest BCUT2D eigenvalue weighted by atomic mass is 9.77. The van der Waals surface area contributed by atoms with E-state index in [0.717, 1.165) is 51.9 Å². The molecule has 0 radical (unpaired) electrons.